The van der Waals surface area contributed by atoms with Crippen LogP contribution in [-0.2, 0) is 26.5 Å². The summed E-state index contributed by atoms with van der Waals surface area (Å²) >= 11 is 0. The molecule has 0 bridgehead atoms. The number of hydrogen-bond acceptors (Lipinski definition) is 5. The second kappa shape index (κ2) is 11.3. The molecule has 3 aliphatic heterocycles. The van der Waals surface area contributed by atoms with Gasteiger partial charge < -0.3 is 24.9 Å². The molecular formula is C31H37N3O5. The highest BCUT2D eigenvalue weighted by atomic mass is 16.3. The van der Waals surface area contributed by atoms with Gasteiger partial charge in [0.1, 0.15) is 0 Å². The second-order valence-corrected chi connectivity index (χ2v) is 10.8. The molecule has 3 atom stereocenters. The third kappa shape index (κ3) is 5.11. The number of aliphatic hydroxyl groups is 2. The molecule has 0 radical (unpaired) electrons. The maximum absolute atomic E-state index is 13.9. The Bertz CT molecular complexity index is 1260. The maximum atomic E-state index is 13.9. The number of nitrogens with zero attached hydrogens (tertiary/aromatic N) is 3. The van der Waals surface area contributed by atoms with Crippen molar-refractivity contribution in [1.82, 2.24) is 4.90 Å². The minimum Gasteiger partial charge on any atom is -0.394 e. The highest BCUT2D eigenvalue weighted by molar-refractivity contribution is 6.08. The van der Waals surface area contributed by atoms with Crippen LogP contribution < -0.4 is 9.80 Å². The van der Waals surface area contributed by atoms with Crippen molar-refractivity contribution in [1.29, 1.82) is 0 Å². The molecule has 8 nitrogen and oxygen atoms in total. The van der Waals surface area contributed by atoms with Gasteiger partial charge in [0.2, 0.25) is 11.8 Å². The van der Waals surface area contributed by atoms with Gasteiger partial charge in [0, 0.05) is 43.1 Å². The summed E-state index contributed by atoms with van der Waals surface area (Å²) in [4.78, 5) is 44.4. The molecule has 2 N–H and O–H groups in total. The van der Waals surface area contributed by atoms with Crippen LogP contribution in [0.15, 0.2) is 60.7 Å². The first kappa shape index (κ1) is 27.1. The lowest BCUT2D eigenvalue weighted by atomic mass is 9.82. The smallest absolute Gasteiger partial charge is 0.264 e. The molecule has 3 aliphatic rings. The van der Waals surface area contributed by atoms with Crippen LogP contribution in [0.2, 0.25) is 0 Å². The summed E-state index contributed by atoms with van der Waals surface area (Å²) in [5.74, 6) is -1.08. The average molecular weight is 532 g/mol. The molecule has 3 amide bonds. The minimum absolute atomic E-state index is 0.0456. The summed E-state index contributed by atoms with van der Waals surface area (Å²) in [6.45, 7) is 3.29. The van der Waals surface area contributed by atoms with Crippen molar-refractivity contribution in [3.63, 3.8) is 0 Å². The normalized spacial score (nSPS) is 24.1. The van der Waals surface area contributed by atoms with Crippen molar-refractivity contribution in [2.45, 2.75) is 63.6 Å². The van der Waals surface area contributed by atoms with Crippen LogP contribution in [0.4, 0.5) is 11.4 Å². The fraction of sp³-hybridized carbons (Fsp3) is 0.452. The Morgan fingerprint density at radius 2 is 1.90 bits per heavy atom. The number of aliphatic hydroxyl groups excluding tert-OH is 1. The molecule has 3 heterocycles. The van der Waals surface area contributed by atoms with E-state index in [1.54, 1.807) is 39.8 Å². The van der Waals surface area contributed by atoms with Gasteiger partial charge in [-0.3, -0.25) is 14.4 Å². The number of piperidine rings is 1. The highest BCUT2D eigenvalue weighted by Gasteiger charge is 2.52. The molecule has 0 spiro atoms. The third-order valence-corrected chi connectivity index (χ3v) is 8.36. The zero-order chi connectivity index (χ0) is 27.6. The van der Waals surface area contributed by atoms with E-state index in [1.165, 1.54) is 0 Å². The van der Waals surface area contributed by atoms with Gasteiger partial charge in [-0.05, 0) is 49.4 Å². The summed E-state index contributed by atoms with van der Waals surface area (Å²) in [5, 5.41) is 21.7. The van der Waals surface area contributed by atoms with Crippen molar-refractivity contribution in [3.8, 4) is 0 Å². The monoisotopic (exact) mass is 531 g/mol. The third-order valence-electron chi connectivity index (χ3n) is 8.36. The topological polar surface area (TPSA) is 101 Å². The molecule has 2 saturated heterocycles. The molecule has 39 heavy (non-hydrogen) atoms. The average Bonchev–Trinajstić information content (AvgIpc) is 3.52. The van der Waals surface area contributed by atoms with Gasteiger partial charge in [-0.25, -0.2) is 0 Å². The molecule has 0 unspecified atom stereocenters. The lowest BCUT2D eigenvalue weighted by Gasteiger charge is -2.30. The zero-order valence-electron chi connectivity index (χ0n) is 22.5. The SMILES string of the molecule is C[C@H](/C=C/CC(=O)N1CCC[C@H]1CO)[C@@]1(O)C(=O)N(Cc2ccccc2)c2ccc(N3CCCCC3=O)cc21. The lowest BCUT2D eigenvalue weighted by Crippen LogP contribution is -2.44. The van der Waals surface area contributed by atoms with Gasteiger partial charge in [0.05, 0.1) is 24.9 Å². The molecule has 206 valence electrons. The maximum Gasteiger partial charge on any atom is 0.264 e. The van der Waals surface area contributed by atoms with Gasteiger partial charge >= 0.3 is 0 Å². The van der Waals surface area contributed by atoms with Crippen LogP contribution in [-0.4, -0.2) is 58.6 Å². The first-order valence-corrected chi connectivity index (χ1v) is 13.9. The van der Waals surface area contributed by atoms with E-state index in [-0.39, 0.29) is 30.9 Å². The fourth-order valence-corrected chi connectivity index (χ4v) is 6.09. The molecule has 5 rings (SSSR count). The van der Waals surface area contributed by atoms with E-state index < -0.39 is 17.4 Å². The van der Waals surface area contributed by atoms with Crippen molar-refractivity contribution >= 4 is 29.1 Å². The first-order valence-electron chi connectivity index (χ1n) is 13.9. The fourth-order valence-electron chi connectivity index (χ4n) is 6.09. The number of hydrogen-bond donors (Lipinski definition) is 2. The largest absolute Gasteiger partial charge is 0.394 e. The number of anilines is 2. The van der Waals surface area contributed by atoms with Crippen molar-refractivity contribution in [3.05, 3.63) is 71.8 Å². The molecule has 8 heteroatoms. The van der Waals surface area contributed by atoms with Crippen LogP contribution in [0.1, 0.15) is 56.6 Å². The number of benzene rings is 2. The minimum atomic E-state index is -1.85. The molecule has 0 aromatic heterocycles. The van der Waals surface area contributed by atoms with E-state index in [9.17, 15) is 24.6 Å². The van der Waals surface area contributed by atoms with E-state index in [0.29, 0.717) is 43.0 Å². The predicted octanol–water partition coefficient (Wildman–Crippen LogP) is 3.50. The van der Waals surface area contributed by atoms with Crippen LogP contribution in [0, 0.1) is 5.92 Å². The first-order chi connectivity index (χ1) is 18.8. The summed E-state index contributed by atoms with van der Waals surface area (Å²) in [6, 6.07) is 15.0. The number of amides is 3. The van der Waals surface area contributed by atoms with Crippen LogP contribution >= 0.6 is 0 Å². The second-order valence-electron chi connectivity index (χ2n) is 10.8. The summed E-state index contributed by atoms with van der Waals surface area (Å²) in [5.41, 5.74) is 0.872. The predicted molar refractivity (Wildman–Crippen MR) is 149 cm³/mol. The van der Waals surface area contributed by atoms with E-state index >= 15 is 0 Å². The molecule has 2 fully saturated rings. The van der Waals surface area contributed by atoms with Gasteiger partial charge in [0.15, 0.2) is 5.60 Å². The Morgan fingerprint density at radius 1 is 1.10 bits per heavy atom. The van der Waals surface area contributed by atoms with E-state index in [2.05, 4.69) is 0 Å². The number of carbonyl (C=O) groups is 3. The van der Waals surface area contributed by atoms with Crippen LogP contribution in [0.5, 0.6) is 0 Å². The molecule has 2 aromatic carbocycles. The Balaban J connectivity index is 1.44. The Kier molecular flexibility index (Phi) is 7.86. The Hall–Kier alpha value is -3.49. The number of carbonyl (C=O) groups excluding carboxylic acids is 3. The van der Waals surface area contributed by atoms with Crippen molar-refractivity contribution in [2.75, 3.05) is 29.5 Å². The Labute approximate surface area is 229 Å². The van der Waals surface area contributed by atoms with E-state index in [0.717, 1.165) is 31.2 Å². The zero-order valence-corrected chi connectivity index (χ0v) is 22.5. The van der Waals surface area contributed by atoms with Crippen molar-refractivity contribution < 1.29 is 24.6 Å². The lowest BCUT2D eigenvalue weighted by molar-refractivity contribution is -0.139. The molecule has 0 aliphatic carbocycles. The quantitative estimate of drug-likeness (QED) is 0.508. The van der Waals surface area contributed by atoms with E-state index in [4.69, 9.17) is 0 Å². The van der Waals surface area contributed by atoms with Gasteiger partial charge in [-0.1, -0.05) is 49.4 Å². The number of fused-ring (bicyclic) bond motifs is 1. The standard InChI is InChI=1S/C31H37N3O5/c1-22(9-7-14-29(37)33-18-8-12-25(33)21-35)31(39)26-19-24(32-17-6-5-13-28(32)36)15-16-27(26)34(30(31)38)20-23-10-3-2-4-11-23/h2-4,7,9-11,15-16,19,22,25,35,39H,5-6,8,12-14,17-18,20-21H2,1H3/b9-7+/t22-,25+,31+/m1/s1. The van der Waals surface area contributed by atoms with E-state index in [1.807, 2.05) is 42.5 Å². The van der Waals surface area contributed by atoms with Crippen molar-refractivity contribution in [2.24, 2.45) is 5.92 Å². The highest BCUT2D eigenvalue weighted by Crippen LogP contribution is 2.47. The Morgan fingerprint density at radius 3 is 2.64 bits per heavy atom. The van der Waals surface area contributed by atoms with Crippen LogP contribution in [0.25, 0.3) is 0 Å². The molecule has 2 aromatic rings. The summed E-state index contributed by atoms with van der Waals surface area (Å²) in [7, 11) is 0. The van der Waals surface area contributed by atoms with Crippen LogP contribution in [0.3, 0.4) is 0 Å². The van der Waals surface area contributed by atoms with Gasteiger partial charge in [-0.2, -0.15) is 0 Å². The number of likely N-dealkylation sites (tertiary alicyclic amines) is 1. The number of rotatable bonds is 8. The van der Waals surface area contributed by atoms with Gasteiger partial charge in [-0.15, -0.1) is 0 Å². The molecular weight excluding hydrogens is 494 g/mol. The summed E-state index contributed by atoms with van der Waals surface area (Å²) in [6.07, 6.45) is 7.51. The molecule has 0 saturated carbocycles. The summed E-state index contributed by atoms with van der Waals surface area (Å²) < 4.78 is 0. The van der Waals surface area contributed by atoms with Gasteiger partial charge in [0.25, 0.3) is 5.91 Å².